The van der Waals surface area contributed by atoms with Crippen LogP contribution in [0.4, 0.5) is 0 Å². The number of hydrogen-bond donors (Lipinski definition) is 2. The van der Waals surface area contributed by atoms with Crippen molar-refractivity contribution in [1.29, 1.82) is 0 Å². The Hall–Kier alpha value is -0.910. The van der Waals surface area contributed by atoms with Crippen molar-refractivity contribution in [1.82, 2.24) is 15.5 Å². The molecule has 5 heteroatoms. The van der Waals surface area contributed by atoms with Crippen molar-refractivity contribution in [3.8, 4) is 0 Å². The van der Waals surface area contributed by atoms with E-state index in [-0.39, 0.29) is 5.91 Å². The van der Waals surface area contributed by atoms with Crippen molar-refractivity contribution in [3.05, 3.63) is 12.7 Å². The molecule has 1 aliphatic rings. The minimum atomic E-state index is 0.0872. The minimum absolute atomic E-state index is 0.0872. The zero-order chi connectivity index (χ0) is 13.1. The Morgan fingerprint density at radius 2 is 2.28 bits per heavy atom. The third-order valence-electron chi connectivity index (χ3n) is 2.83. The van der Waals surface area contributed by atoms with E-state index in [1.807, 2.05) is 6.08 Å². The number of nitrogens with zero attached hydrogens (tertiary/aromatic N) is 1. The predicted octanol–water partition coefficient (Wildman–Crippen LogP) is -0.00940. The molecule has 0 aromatic rings. The topological polar surface area (TPSA) is 53.6 Å². The molecular weight excluding hydrogens is 230 g/mol. The molecule has 1 rings (SSSR count). The van der Waals surface area contributed by atoms with Crippen LogP contribution in [0, 0.1) is 0 Å². The predicted molar refractivity (Wildman–Crippen MR) is 72.6 cm³/mol. The normalized spacial score (nSPS) is 17.1. The van der Waals surface area contributed by atoms with Gasteiger partial charge in [-0.25, -0.2) is 0 Å². The van der Waals surface area contributed by atoms with E-state index in [0.29, 0.717) is 26.3 Å². The second kappa shape index (κ2) is 10.1. The number of carbonyl (C=O) groups is 1. The van der Waals surface area contributed by atoms with Gasteiger partial charge in [0.25, 0.3) is 0 Å². The van der Waals surface area contributed by atoms with Gasteiger partial charge in [-0.3, -0.25) is 9.69 Å². The summed E-state index contributed by atoms with van der Waals surface area (Å²) < 4.78 is 5.32. The molecule has 0 aromatic carbocycles. The molecule has 0 saturated carbocycles. The van der Waals surface area contributed by atoms with Gasteiger partial charge in [-0.1, -0.05) is 6.08 Å². The number of rotatable bonds is 8. The quantitative estimate of drug-likeness (QED) is 0.473. The Balaban J connectivity index is 2.00. The van der Waals surface area contributed by atoms with Crippen LogP contribution in [0.2, 0.25) is 0 Å². The first-order valence-corrected chi connectivity index (χ1v) is 6.71. The number of carbonyl (C=O) groups excluding carboxylic acids is 1. The Morgan fingerprint density at radius 3 is 3.11 bits per heavy atom. The van der Waals surface area contributed by atoms with Crippen LogP contribution in [0.3, 0.4) is 0 Å². The first kappa shape index (κ1) is 15.1. The van der Waals surface area contributed by atoms with E-state index in [2.05, 4.69) is 22.1 Å². The second-order valence-corrected chi connectivity index (χ2v) is 4.42. The summed E-state index contributed by atoms with van der Waals surface area (Å²) in [5, 5.41) is 6.20. The SMILES string of the molecule is C=CCCOCCNC(=O)CN1CCCNCC1. The van der Waals surface area contributed by atoms with Gasteiger partial charge in [0, 0.05) is 19.6 Å². The van der Waals surface area contributed by atoms with Gasteiger partial charge in [0.05, 0.1) is 19.8 Å². The van der Waals surface area contributed by atoms with Crippen molar-refractivity contribution in [2.75, 3.05) is 52.5 Å². The van der Waals surface area contributed by atoms with E-state index in [1.165, 1.54) is 0 Å². The van der Waals surface area contributed by atoms with Gasteiger partial charge in [-0.05, 0) is 25.9 Å². The molecule has 18 heavy (non-hydrogen) atoms. The molecule has 0 radical (unpaired) electrons. The molecule has 1 fully saturated rings. The van der Waals surface area contributed by atoms with Crippen molar-refractivity contribution in [3.63, 3.8) is 0 Å². The van der Waals surface area contributed by atoms with Crippen molar-refractivity contribution in [2.24, 2.45) is 0 Å². The third kappa shape index (κ3) is 7.42. The molecule has 1 saturated heterocycles. The molecule has 1 heterocycles. The lowest BCUT2D eigenvalue weighted by atomic mass is 10.4. The highest BCUT2D eigenvalue weighted by atomic mass is 16.5. The van der Waals surface area contributed by atoms with E-state index < -0.39 is 0 Å². The summed E-state index contributed by atoms with van der Waals surface area (Å²) in [6.07, 6.45) is 3.79. The fourth-order valence-corrected chi connectivity index (χ4v) is 1.85. The monoisotopic (exact) mass is 255 g/mol. The van der Waals surface area contributed by atoms with E-state index in [4.69, 9.17) is 4.74 Å². The number of nitrogens with one attached hydrogen (secondary N) is 2. The van der Waals surface area contributed by atoms with Crippen molar-refractivity contribution >= 4 is 5.91 Å². The summed E-state index contributed by atoms with van der Waals surface area (Å²) in [7, 11) is 0. The molecule has 0 bridgehead atoms. The van der Waals surface area contributed by atoms with Crippen LogP contribution >= 0.6 is 0 Å². The molecule has 0 aliphatic carbocycles. The Labute approximate surface area is 110 Å². The van der Waals surface area contributed by atoms with Crippen LogP contribution in [-0.4, -0.2) is 63.3 Å². The first-order valence-electron chi connectivity index (χ1n) is 6.71. The summed E-state index contributed by atoms with van der Waals surface area (Å²) in [6, 6.07) is 0. The van der Waals surface area contributed by atoms with E-state index in [9.17, 15) is 4.79 Å². The van der Waals surface area contributed by atoms with Gasteiger partial charge >= 0.3 is 0 Å². The van der Waals surface area contributed by atoms with E-state index >= 15 is 0 Å². The maximum absolute atomic E-state index is 11.7. The van der Waals surface area contributed by atoms with Crippen LogP contribution in [0.15, 0.2) is 12.7 Å². The molecule has 0 aromatic heterocycles. The fourth-order valence-electron chi connectivity index (χ4n) is 1.85. The summed E-state index contributed by atoms with van der Waals surface area (Å²) in [5.74, 6) is 0.0872. The van der Waals surface area contributed by atoms with Gasteiger partial charge < -0.3 is 15.4 Å². The molecule has 104 valence electrons. The molecule has 1 aliphatic heterocycles. The van der Waals surface area contributed by atoms with Crippen molar-refractivity contribution in [2.45, 2.75) is 12.8 Å². The standard InChI is InChI=1S/C13H25N3O2/c1-2-3-10-18-11-7-15-13(17)12-16-8-4-5-14-6-9-16/h2,14H,1,3-12H2,(H,15,17). The van der Waals surface area contributed by atoms with Gasteiger partial charge in [-0.15, -0.1) is 6.58 Å². The highest BCUT2D eigenvalue weighted by molar-refractivity contribution is 5.77. The van der Waals surface area contributed by atoms with Crippen LogP contribution in [0.25, 0.3) is 0 Å². The van der Waals surface area contributed by atoms with Crippen LogP contribution in [0.1, 0.15) is 12.8 Å². The van der Waals surface area contributed by atoms with Gasteiger partial charge in [-0.2, -0.15) is 0 Å². The maximum atomic E-state index is 11.7. The van der Waals surface area contributed by atoms with Crippen LogP contribution in [-0.2, 0) is 9.53 Å². The van der Waals surface area contributed by atoms with Gasteiger partial charge in [0.15, 0.2) is 0 Å². The molecular formula is C13H25N3O2. The third-order valence-corrected chi connectivity index (χ3v) is 2.83. The molecule has 2 N–H and O–H groups in total. The molecule has 0 spiro atoms. The maximum Gasteiger partial charge on any atom is 0.234 e. The summed E-state index contributed by atoms with van der Waals surface area (Å²) in [6.45, 7) is 9.91. The zero-order valence-corrected chi connectivity index (χ0v) is 11.1. The Morgan fingerprint density at radius 1 is 1.39 bits per heavy atom. The lowest BCUT2D eigenvalue weighted by Crippen LogP contribution is -2.39. The minimum Gasteiger partial charge on any atom is -0.379 e. The van der Waals surface area contributed by atoms with Gasteiger partial charge in [0.2, 0.25) is 5.91 Å². The lowest BCUT2D eigenvalue weighted by Gasteiger charge is -2.18. The largest absolute Gasteiger partial charge is 0.379 e. The second-order valence-electron chi connectivity index (χ2n) is 4.42. The van der Waals surface area contributed by atoms with E-state index in [0.717, 1.165) is 39.0 Å². The summed E-state index contributed by atoms with van der Waals surface area (Å²) in [4.78, 5) is 13.9. The lowest BCUT2D eigenvalue weighted by molar-refractivity contribution is -0.122. The molecule has 0 atom stereocenters. The Bertz CT molecular complexity index is 238. The smallest absolute Gasteiger partial charge is 0.234 e. The zero-order valence-electron chi connectivity index (χ0n) is 11.1. The first-order chi connectivity index (χ1) is 8.83. The average molecular weight is 255 g/mol. The molecule has 1 amide bonds. The number of ether oxygens (including phenoxy) is 1. The van der Waals surface area contributed by atoms with Crippen LogP contribution < -0.4 is 10.6 Å². The van der Waals surface area contributed by atoms with E-state index in [1.54, 1.807) is 0 Å². The molecule has 0 unspecified atom stereocenters. The molecule has 5 nitrogen and oxygen atoms in total. The van der Waals surface area contributed by atoms with Crippen molar-refractivity contribution < 1.29 is 9.53 Å². The summed E-state index contributed by atoms with van der Waals surface area (Å²) >= 11 is 0. The average Bonchev–Trinajstić information content (AvgIpc) is 2.62. The number of hydrogen-bond acceptors (Lipinski definition) is 4. The highest BCUT2D eigenvalue weighted by Crippen LogP contribution is 1.94. The van der Waals surface area contributed by atoms with Crippen LogP contribution in [0.5, 0.6) is 0 Å². The summed E-state index contributed by atoms with van der Waals surface area (Å²) in [5.41, 5.74) is 0. The Kier molecular flexibility index (Phi) is 8.46. The fraction of sp³-hybridized carbons (Fsp3) is 0.769. The number of amides is 1. The highest BCUT2D eigenvalue weighted by Gasteiger charge is 2.11. The van der Waals surface area contributed by atoms with Gasteiger partial charge in [0.1, 0.15) is 0 Å².